The summed E-state index contributed by atoms with van der Waals surface area (Å²) in [6.45, 7) is 0. The molecule has 0 atom stereocenters. The Morgan fingerprint density at radius 1 is 0.895 bits per heavy atom. The van der Waals surface area contributed by atoms with E-state index in [1.165, 1.54) is 0 Å². The molecule has 92 valence electrons. The minimum atomic E-state index is -0.150. The average molecular weight is 248 g/mol. The van der Waals surface area contributed by atoms with Gasteiger partial charge in [0.1, 0.15) is 5.82 Å². The first-order valence-corrected chi connectivity index (χ1v) is 6.04. The van der Waals surface area contributed by atoms with Crippen molar-refractivity contribution in [3.63, 3.8) is 0 Å². The van der Waals surface area contributed by atoms with Gasteiger partial charge in [-0.05, 0) is 23.6 Å². The van der Waals surface area contributed by atoms with Gasteiger partial charge < -0.3 is 5.32 Å². The Hall–Kier alpha value is -2.68. The second-order valence-electron chi connectivity index (χ2n) is 4.24. The van der Waals surface area contributed by atoms with Crippen molar-refractivity contribution in [2.24, 2.45) is 0 Å². The molecule has 0 fully saturated rings. The number of aromatic nitrogens is 1. The van der Waals surface area contributed by atoms with E-state index in [9.17, 15) is 4.79 Å². The molecule has 0 aliphatic carbocycles. The number of hydrogen-bond donors (Lipinski definition) is 1. The van der Waals surface area contributed by atoms with E-state index in [-0.39, 0.29) is 5.91 Å². The van der Waals surface area contributed by atoms with Crippen LogP contribution in [-0.2, 0) is 0 Å². The highest BCUT2D eigenvalue weighted by molar-refractivity contribution is 6.04. The highest BCUT2D eigenvalue weighted by Gasteiger charge is 2.06. The van der Waals surface area contributed by atoms with E-state index in [0.29, 0.717) is 11.4 Å². The zero-order valence-electron chi connectivity index (χ0n) is 10.2. The zero-order chi connectivity index (χ0) is 13.1. The van der Waals surface area contributed by atoms with Gasteiger partial charge in [-0.1, -0.05) is 42.5 Å². The fourth-order valence-corrected chi connectivity index (χ4v) is 1.93. The summed E-state index contributed by atoms with van der Waals surface area (Å²) in [5.74, 6) is 0.413. The van der Waals surface area contributed by atoms with Gasteiger partial charge >= 0.3 is 0 Å². The van der Waals surface area contributed by atoms with Gasteiger partial charge in [0.05, 0.1) is 0 Å². The second-order valence-corrected chi connectivity index (χ2v) is 4.24. The maximum absolute atomic E-state index is 12.0. The molecule has 1 amide bonds. The van der Waals surface area contributed by atoms with Gasteiger partial charge in [0.25, 0.3) is 5.91 Å². The van der Waals surface area contributed by atoms with Crippen molar-refractivity contribution in [2.45, 2.75) is 0 Å². The number of carbonyl (C=O) groups is 1. The second kappa shape index (κ2) is 4.90. The number of hydrogen-bond acceptors (Lipinski definition) is 2. The van der Waals surface area contributed by atoms with Crippen LogP contribution < -0.4 is 5.32 Å². The molecule has 1 N–H and O–H groups in total. The van der Waals surface area contributed by atoms with E-state index in [4.69, 9.17) is 0 Å². The smallest absolute Gasteiger partial charge is 0.256 e. The van der Waals surface area contributed by atoms with Crippen molar-refractivity contribution in [3.05, 3.63) is 72.4 Å². The Balaban J connectivity index is 1.87. The first kappa shape index (κ1) is 11.4. The largest absolute Gasteiger partial charge is 0.307 e. The molecule has 1 aromatic heterocycles. The number of fused-ring (bicyclic) bond motifs is 1. The molecular formula is C16H12N2O. The van der Waals surface area contributed by atoms with Crippen LogP contribution in [0.5, 0.6) is 0 Å². The molecule has 0 aliphatic rings. The number of amides is 1. The molecule has 0 unspecified atom stereocenters. The van der Waals surface area contributed by atoms with Gasteiger partial charge in [-0.15, -0.1) is 0 Å². The minimum absolute atomic E-state index is 0.150. The summed E-state index contributed by atoms with van der Waals surface area (Å²) in [5, 5.41) is 4.91. The summed E-state index contributed by atoms with van der Waals surface area (Å²) < 4.78 is 0. The molecule has 0 bridgehead atoms. The van der Waals surface area contributed by atoms with Gasteiger partial charge in [0, 0.05) is 17.1 Å². The molecule has 19 heavy (non-hydrogen) atoms. The van der Waals surface area contributed by atoms with Crippen LogP contribution in [0, 0.1) is 0 Å². The van der Waals surface area contributed by atoms with Crippen molar-refractivity contribution < 1.29 is 4.79 Å². The fraction of sp³-hybridized carbons (Fsp3) is 0. The number of rotatable bonds is 2. The molecular weight excluding hydrogens is 236 g/mol. The SMILES string of the molecule is O=C(Nc1cc2ccccc2cn1)c1ccccc1. The predicted octanol–water partition coefficient (Wildman–Crippen LogP) is 3.49. The Kier molecular flexibility index (Phi) is 2.94. The van der Waals surface area contributed by atoms with Gasteiger partial charge in [0.15, 0.2) is 0 Å². The summed E-state index contributed by atoms with van der Waals surface area (Å²) in [7, 11) is 0. The number of nitrogens with zero attached hydrogens (tertiary/aromatic N) is 1. The average Bonchev–Trinajstić information content (AvgIpc) is 2.48. The molecule has 0 aliphatic heterocycles. The standard InChI is InChI=1S/C16H12N2O/c19-16(12-6-2-1-3-7-12)18-15-10-13-8-4-5-9-14(13)11-17-15/h1-11H,(H,17,18,19). The summed E-state index contributed by atoms with van der Waals surface area (Å²) in [5.41, 5.74) is 0.623. The molecule has 3 heteroatoms. The third-order valence-corrected chi connectivity index (χ3v) is 2.91. The normalized spacial score (nSPS) is 10.3. The van der Waals surface area contributed by atoms with Crippen LogP contribution in [0.15, 0.2) is 66.9 Å². The highest BCUT2D eigenvalue weighted by atomic mass is 16.1. The van der Waals surface area contributed by atoms with Crippen LogP contribution in [0.2, 0.25) is 0 Å². The monoisotopic (exact) mass is 248 g/mol. The van der Waals surface area contributed by atoms with E-state index >= 15 is 0 Å². The lowest BCUT2D eigenvalue weighted by Crippen LogP contribution is -2.12. The van der Waals surface area contributed by atoms with Crippen LogP contribution >= 0.6 is 0 Å². The van der Waals surface area contributed by atoms with E-state index < -0.39 is 0 Å². The first-order chi connectivity index (χ1) is 9.33. The van der Waals surface area contributed by atoms with Gasteiger partial charge in [-0.25, -0.2) is 4.98 Å². The first-order valence-electron chi connectivity index (χ1n) is 6.04. The highest BCUT2D eigenvalue weighted by Crippen LogP contribution is 2.16. The lowest BCUT2D eigenvalue weighted by atomic mass is 10.2. The molecule has 0 spiro atoms. The van der Waals surface area contributed by atoms with E-state index in [1.54, 1.807) is 18.3 Å². The quantitative estimate of drug-likeness (QED) is 0.754. The molecule has 0 saturated heterocycles. The Morgan fingerprint density at radius 2 is 1.58 bits per heavy atom. The van der Waals surface area contributed by atoms with Gasteiger partial charge in [-0.2, -0.15) is 0 Å². The van der Waals surface area contributed by atoms with E-state index in [0.717, 1.165) is 10.8 Å². The number of anilines is 1. The number of carbonyl (C=O) groups excluding carboxylic acids is 1. The molecule has 1 heterocycles. The van der Waals surface area contributed by atoms with Crippen LogP contribution in [-0.4, -0.2) is 10.9 Å². The molecule has 3 aromatic rings. The summed E-state index contributed by atoms with van der Waals surface area (Å²) in [4.78, 5) is 16.2. The minimum Gasteiger partial charge on any atom is -0.307 e. The molecule has 0 radical (unpaired) electrons. The number of pyridine rings is 1. The van der Waals surface area contributed by atoms with Crippen molar-refractivity contribution in [2.75, 3.05) is 5.32 Å². The van der Waals surface area contributed by atoms with Crippen molar-refractivity contribution in [1.29, 1.82) is 0 Å². The topological polar surface area (TPSA) is 42.0 Å². The van der Waals surface area contributed by atoms with Crippen LogP contribution in [0.1, 0.15) is 10.4 Å². The third kappa shape index (κ3) is 2.45. The van der Waals surface area contributed by atoms with E-state index in [1.807, 2.05) is 48.5 Å². The van der Waals surface area contributed by atoms with Crippen LogP contribution in [0.25, 0.3) is 10.8 Å². The molecule has 3 rings (SSSR count). The van der Waals surface area contributed by atoms with E-state index in [2.05, 4.69) is 10.3 Å². The van der Waals surface area contributed by atoms with Gasteiger partial charge in [-0.3, -0.25) is 4.79 Å². The molecule has 0 saturated carbocycles. The van der Waals surface area contributed by atoms with Crippen molar-refractivity contribution >= 4 is 22.5 Å². The van der Waals surface area contributed by atoms with Crippen LogP contribution in [0.3, 0.4) is 0 Å². The van der Waals surface area contributed by atoms with Crippen molar-refractivity contribution in [1.82, 2.24) is 4.98 Å². The van der Waals surface area contributed by atoms with Crippen LogP contribution in [0.4, 0.5) is 5.82 Å². The lowest BCUT2D eigenvalue weighted by Gasteiger charge is -2.05. The Labute approximate surface area is 110 Å². The molecule has 2 aromatic carbocycles. The number of nitrogens with one attached hydrogen (secondary N) is 1. The Bertz CT molecular complexity index is 723. The zero-order valence-corrected chi connectivity index (χ0v) is 10.2. The molecule has 3 nitrogen and oxygen atoms in total. The summed E-state index contributed by atoms with van der Waals surface area (Å²) in [6.07, 6.45) is 1.76. The maximum atomic E-state index is 12.0. The lowest BCUT2D eigenvalue weighted by molar-refractivity contribution is 0.102. The Morgan fingerprint density at radius 3 is 2.37 bits per heavy atom. The maximum Gasteiger partial charge on any atom is 0.256 e. The van der Waals surface area contributed by atoms with Gasteiger partial charge in [0.2, 0.25) is 0 Å². The van der Waals surface area contributed by atoms with Crippen molar-refractivity contribution in [3.8, 4) is 0 Å². The summed E-state index contributed by atoms with van der Waals surface area (Å²) in [6, 6.07) is 18.9. The number of benzene rings is 2. The third-order valence-electron chi connectivity index (χ3n) is 2.91. The predicted molar refractivity (Wildman–Crippen MR) is 76.1 cm³/mol. The summed E-state index contributed by atoms with van der Waals surface area (Å²) >= 11 is 0. The fourth-order valence-electron chi connectivity index (χ4n) is 1.93.